The van der Waals surface area contributed by atoms with Crippen LogP contribution in [-0.4, -0.2) is 21.2 Å². The molecule has 5 heteroatoms. The molecule has 0 aliphatic carbocycles. The number of para-hydroxylation sites is 1. The number of fused-ring (bicyclic) bond motifs is 2. The molecular weight excluding hydrogens is 252 g/mol. The second-order valence-electron chi connectivity index (χ2n) is 4.72. The minimum absolute atomic E-state index is 0.0779. The second-order valence-corrected chi connectivity index (χ2v) is 4.72. The van der Waals surface area contributed by atoms with Crippen LogP contribution in [0, 0.1) is 11.3 Å². The van der Waals surface area contributed by atoms with Crippen molar-refractivity contribution in [2.75, 3.05) is 6.61 Å². The molecule has 0 bridgehead atoms. The van der Waals surface area contributed by atoms with Crippen LogP contribution in [0.5, 0.6) is 5.75 Å². The van der Waals surface area contributed by atoms with Gasteiger partial charge in [0.25, 0.3) is 0 Å². The van der Waals surface area contributed by atoms with Gasteiger partial charge in [0.15, 0.2) is 5.65 Å². The van der Waals surface area contributed by atoms with Crippen molar-refractivity contribution < 1.29 is 4.74 Å². The van der Waals surface area contributed by atoms with Gasteiger partial charge in [-0.3, -0.25) is 4.40 Å². The van der Waals surface area contributed by atoms with Crippen LogP contribution in [0.1, 0.15) is 22.9 Å². The van der Waals surface area contributed by atoms with E-state index in [2.05, 4.69) is 22.3 Å². The third-order valence-electron chi connectivity index (χ3n) is 3.58. The molecule has 20 heavy (non-hydrogen) atoms. The number of benzene rings is 1. The van der Waals surface area contributed by atoms with E-state index in [1.54, 1.807) is 12.1 Å². The molecule has 0 saturated carbocycles. The highest BCUT2D eigenvalue weighted by atomic mass is 16.5. The highest BCUT2D eigenvalue weighted by Crippen LogP contribution is 2.37. The van der Waals surface area contributed by atoms with Crippen molar-refractivity contribution in [3.05, 3.63) is 59.5 Å². The average Bonchev–Trinajstić information content (AvgIpc) is 3.09. The molecular formula is C15H10N4O. The summed E-state index contributed by atoms with van der Waals surface area (Å²) in [6, 6.07) is 13.6. The molecule has 1 atom stereocenters. The van der Waals surface area contributed by atoms with Crippen LogP contribution in [-0.2, 0) is 0 Å². The van der Waals surface area contributed by atoms with E-state index in [0.717, 1.165) is 17.1 Å². The fourth-order valence-electron chi connectivity index (χ4n) is 2.59. The molecule has 0 radical (unpaired) electrons. The first-order valence-electron chi connectivity index (χ1n) is 6.33. The number of aromatic nitrogens is 3. The normalized spacial score (nSPS) is 16.6. The van der Waals surface area contributed by atoms with Gasteiger partial charge in [-0.05, 0) is 12.1 Å². The Morgan fingerprint density at radius 2 is 2.15 bits per heavy atom. The average molecular weight is 262 g/mol. The number of nitrogens with zero attached hydrogens (tertiary/aromatic N) is 4. The lowest BCUT2D eigenvalue weighted by Crippen LogP contribution is -2.07. The van der Waals surface area contributed by atoms with Gasteiger partial charge in [-0.2, -0.15) is 5.26 Å². The third-order valence-corrected chi connectivity index (χ3v) is 3.58. The Morgan fingerprint density at radius 1 is 1.25 bits per heavy atom. The van der Waals surface area contributed by atoms with Crippen molar-refractivity contribution in [1.29, 1.82) is 5.26 Å². The van der Waals surface area contributed by atoms with Gasteiger partial charge in [0, 0.05) is 17.8 Å². The zero-order valence-corrected chi connectivity index (χ0v) is 10.5. The highest BCUT2D eigenvalue weighted by molar-refractivity contribution is 5.48. The molecule has 4 rings (SSSR count). The van der Waals surface area contributed by atoms with Gasteiger partial charge in [-0.25, -0.2) is 0 Å². The van der Waals surface area contributed by atoms with Crippen LogP contribution in [0.3, 0.4) is 0 Å². The summed E-state index contributed by atoms with van der Waals surface area (Å²) < 4.78 is 7.61. The zero-order chi connectivity index (χ0) is 13.5. The smallest absolute Gasteiger partial charge is 0.162 e. The van der Waals surface area contributed by atoms with Crippen molar-refractivity contribution in [3.63, 3.8) is 0 Å². The lowest BCUT2D eigenvalue weighted by Gasteiger charge is -2.06. The summed E-state index contributed by atoms with van der Waals surface area (Å²) in [6.45, 7) is 0.570. The van der Waals surface area contributed by atoms with Crippen molar-refractivity contribution in [1.82, 2.24) is 14.6 Å². The minimum Gasteiger partial charge on any atom is -0.492 e. The number of hydrogen-bond acceptors (Lipinski definition) is 4. The summed E-state index contributed by atoms with van der Waals surface area (Å²) in [5, 5.41) is 17.3. The summed E-state index contributed by atoms with van der Waals surface area (Å²) in [5.74, 6) is 1.83. The SMILES string of the molecule is N#Cc1ccn2c(C3COc4ccccc43)nnc2c1. The first kappa shape index (κ1) is 11.0. The maximum atomic E-state index is 8.92. The standard InChI is InChI=1S/C15H10N4O/c16-8-10-5-6-19-14(7-10)17-18-15(19)12-9-20-13-4-2-1-3-11(12)13/h1-7,12H,9H2. The Balaban J connectivity index is 1.86. The predicted octanol–water partition coefficient (Wildman–Crippen LogP) is 2.13. The first-order chi connectivity index (χ1) is 9.86. The van der Waals surface area contributed by atoms with Crippen molar-refractivity contribution >= 4 is 5.65 Å². The molecule has 96 valence electrons. The summed E-state index contributed by atoms with van der Waals surface area (Å²) >= 11 is 0. The summed E-state index contributed by atoms with van der Waals surface area (Å²) in [4.78, 5) is 0. The lowest BCUT2D eigenvalue weighted by atomic mass is 10.0. The monoisotopic (exact) mass is 262 g/mol. The Labute approximate surface area is 115 Å². The number of rotatable bonds is 1. The van der Waals surface area contributed by atoms with E-state index >= 15 is 0 Å². The van der Waals surface area contributed by atoms with Gasteiger partial charge < -0.3 is 4.74 Å². The molecule has 1 unspecified atom stereocenters. The summed E-state index contributed by atoms with van der Waals surface area (Å²) in [7, 11) is 0. The number of pyridine rings is 1. The van der Waals surface area contributed by atoms with E-state index < -0.39 is 0 Å². The molecule has 5 nitrogen and oxygen atoms in total. The maximum Gasteiger partial charge on any atom is 0.162 e. The van der Waals surface area contributed by atoms with Crippen LogP contribution in [0.25, 0.3) is 5.65 Å². The molecule has 0 amide bonds. The predicted molar refractivity (Wildman–Crippen MR) is 71.5 cm³/mol. The Bertz CT molecular complexity index is 846. The van der Waals surface area contributed by atoms with Gasteiger partial charge in [0.05, 0.1) is 17.6 Å². The van der Waals surface area contributed by atoms with Gasteiger partial charge in [0.1, 0.15) is 18.2 Å². The minimum atomic E-state index is 0.0779. The zero-order valence-electron chi connectivity index (χ0n) is 10.5. The Kier molecular flexibility index (Phi) is 2.24. The second kappa shape index (κ2) is 4.07. The first-order valence-corrected chi connectivity index (χ1v) is 6.33. The number of hydrogen-bond donors (Lipinski definition) is 0. The van der Waals surface area contributed by atoms with Crippen LogP contribution in [0.4, 0.5) is 0 Å². The van der Waals surface area contributed by atoms with Crippen LogP contribution in [0.2, 0.25) is 0 Å². The van der Waals surface area contributed by atoms with E-state index in [0.29, 0.717) is 17.8 Å². The quantitative estimate of drug-likeness (QED) is 0.674. The molecule has 0 saturated heterocycles. The fraction of sp³-hybridized carbons (Fsp3) is 0.133. The van der Waals surface area contributed by atoms with E-state index in [1.807, 2.05) is 28.8 Å². The molecule has 1 aliphatic rings. The molecule has 2 aromatic heterocycles. The lowest BCUT2D eigenvalue weighted by molar-refractivity contribution is 0.339. The van der Waals surface area contributed by atoms with Crippen molar-refractivity contribution in [2.24, 2.45) is 0 Å². The molecule has 1 aromatic carbocycles. The molecule has 1 aliphatic heterocycles. The molecule has 0 fully saturated rings. The van der Waals surface area contributed by atoms with Crippen LogP contribution < -0.4 is 4.74 Å². The summed E-state index contributed by atoms with van der Waals surface area (Å²) in [6.07, 6.45) is 1.84. The highest BCUT2D eigenvalue weighted by Gasteiger charge is 2.29. The number of nitriles is 1. The van der Waals surface area contributed by atoms with Gasteiger partial charge in [0.2, 0.25) is 0 Å². The van der Waals surface area contributed by atoms with E-state index in [9.17, 15) is 0 Å². The fourth-order valence-corrected chi connectivity index (χ4v) is 2.59. The topological polar surface area (TPSA) is 63.2 Å². The van der Waals surface area contributed by atoms with Crippen molar-refractivity contribution in [2.45, 2.75) is 5.92 Å². The van der Waals surface area contributed by atoms with Gasteiger partial charge in [-0.1, -0.05) is 18.2 Å². The Hall–Kier alpha value is -2.87. The third kappa shape index (κ3) is 1.48. The molecule has 0 spiro atoms. The maximum absolute atomic E-state index is 8.92. The summed E-state index contributed by atoms with van der Waals surface area (Å²) in [5.41, 5.74) is 2.40. The van der Waals surface area contributed by atoms with Crippen LogP contribution in [0.15, 0.2) is 42.6 Å². The largest absolute Gasteiger partial charge is 0.492 e. The van der Waals surface area contributed by atoms with E-state index in [4.69, 9.17) is 10.00 Å². The Morgan fingerprint density at radius 3 is 3.05 bits per heavy atom. The van der Waals surface area contributed by atoms with Gasteiger partial charge in [-0.15, -0.1) is 10.2 Å². The van der Waals surface area contributed by atoms with Gasteiger partial charge >= 0.3 is 0 Å². The van der Waals surface area contributed by atoms with Crippen LogP contribution >= 0.6 is 0 Å². The molecule has 3 heterocycles. The van der Waals surface area contributed by atoms with E-state index in [-0.39, 0.29) is 5.92 Å². The molecule has 3 aromatic rings. The van der Waals surface area contributed by atoms with E-state index in [1.165, 1.54) is 0 Å². The van der Waals surface area contributed by atoms with Crippen molar-refractivity contribution in [3.8, 4) is 11.8 Å². The number of ether oxygens (including phenoxy) is 1. The molecule has 0 N–H and O–H groups in total.